The molecule has 0 aromatic carbocycles. The van der Waals surface area contributed by atoms with E-state index in [-0.39, 0.29) is 17.9 Å². The van der Waals surface area contributed by atoms with Crippen molar-refractivity contribution in [2.45, 2.75) is 98.3 Å². The summed E-state index contributed by atoms with van der Waals surface area (Å²) < 4.78 is 11.0. The largest absolute Gasteiger partial charge is 0.465 e. The summed E-state index contributed by atoms with van der Waals surface area (Å²) in [6.07, 6.45) is 11.7. The lowest BCUT2D eigenvalue weighted by atomic mass is 9.67. The quantitative estimate of drug-likeness (QED) is 0.329. The van der Waals surface area contributed by atoms with Crippen molar-refractivity contribution >= 4 is 11.9 Å². The number of carbonyl (C=O) groups is 2. The Hall–Kier alpha value is -1.06. The zero-order chi connectivity index (χ0) is 19.4. The maximum Gasteiger partial charge on any atom is 0.312 e. The molecule has 0 spiro atoms. The number of rotatable bonds is 12. The number of unbranched alkanes of at least 4 members (excludes halogenated alkanes) is 6. The van der Waals surface area contributed by atoms with Crippen LogP contribution in [0.5, 0.6) is 0 Å². The first-order chi connectivity index (χ1) is 12.4. The van der Waals surface area contributed by atoms with Gasteiger partial charge in [-0.2, -0.15) is 0 Å². The summed E-state index contributed by atoms with van der Waals surface area (Å²) in [4.78, 5) is 25.2. The second kappa shape index (κ2) is 12.3. The minimum absolute atomic E-state index is 0.209. The lowest BCUT2D eigenvalue weighted by molar-refractivity contribution is -0.172. The highest BCUT2D eigenvalue weighted by Crippen LogP contribution is 2.43. The Labute approximate surface area is 160 Å². The highest BCUT2D eigenvalue weighted by Gasteiger charge is 2.48. The zero-order valence-corrected chi connectivity index (χ0v) is 17.5. The van der Waals surface area contributed by atoms with Gasteiger partial charge in [-0.15, -0.1) is 0 Å². The molecule has 0 aromatic heterocycles. The van der Waals surface area contributed by atoms with Gasteiger partial charge in [0.1, 0.15) is 0 Å². The molecule has 0 amide bonds. The number of ether oxygens (including phenoxy) is 2. The Balaban J connectivity index is 2.40. The Morgan fingerprint density at radius 1 is 1.00 bits per heavy atom. The van der Waals surface area contributed by atoms with Gasteiger partial charge in [0.15, 0.2) is 0 Å². The highest BCUT2D eigenvalue weighted by atomic mass is 16.5. The van der Waals surface area contributed by atoms with E-state index in [4.69, 9.17) is 9.47 Å². The second-order valence-electron chi connectivity index (χ2n) is 8.50. The summed E-state index contributed by atoms with van der Waals surface area (Å²) in [5, 5.41) is 0. The molecule has 4 nitrogen and oxygen atoms in total. The normalized spacial score (nSPS) is 23.0. The fraction of sp³-hybridized carbons (Fsp3) is 0.909. The van der Waals surface area contributed by atoms with Crippen molar-refractivity contribution in [2.75, 3.05) is 13.2 Å². The summed E-state index contributed by atoms with van der Waals surface area (Å²) in [7, 11) is 0. The van der Waals surface area contributed by atoms with Crippen LogP contribution in [-0.2, 0) is 19.1 Å². The third-order valence-corrected chi connectivity index (χ3v) is 5.50. The van der Waals surface area contributed by atoms with E-state index in [0.717, 1.165) is 32.1 Å². The average Bonchev–Trinajstić information content (AvgIpc) is 2.62. The van der Waals surface area contributed by atoms with Gasteiger partial charge in [0.25, 0.3) is 0 Å². The second-order valence-corrected chi connectivity index (χ2v) is 8.50. The van der Waals surface area contributed by atoms with Crippen molar-refractivity contribution in [2.24, 2.45) is 17.3 Å². The van der Waals surface area contributed by atoms with E-state index >= 15 is 0 Å². The highest BCUT2D eigenvalue weighted by molar-refractivity contribution is 5.85. The van der Waals surface area contributed by atoms with Crippen LogP contribution in [0.25, 0.3) is 0 Å². The first kappa shape index (κ1) is 23.0. The predicted octanol–water partition coefficient (Wildman–Crippen LogP) is 5.68. The van der Waals surface area contributed by atoms with Crippen LogP contribution < -0.4 is 0 Å². The molecule has 0 aromatic rings. The minimum atomic E-state index is -0.732. The summed E-state index contributed by atoms with van der Waals surface area (Å²) in [5.74, 6) is -0.502. The standard InChI is InChI=1S/C22H40O4/c1-5-6-7-8-9-10-13-16-25-20(23)19-14-11-12-15-22(19,4)21(24)26-17-18(2)3/h18-19H,5-17H2,1-4H3. The van der Waals surface area contributed by atoms with Crippen LogP contribution in [0.2, 0.25) is 0 Å². The molecule has 1 aliphatic carbocycles. The SMILES string of the molecule is CCCCCCCCCOC(=O)C1CCCCC1(C)C(=O)OCC(C)C. The van der Waals surface area contributed by atoms with E-state index in [0.29, 0.717) is 25.6 Å². The van der Waals surface area contributed by atoms with E-state index in [2.05, 4.69) is 6.92 Å². The summed E-state index contributed by atoms with van der Waals surface area (Å²) in [6.45, 7) is 9.02. The Kier molecular flexibility index (Phi) is 10.9. The number of hydrogen-bond donors (Lipinski definition) is 0. The van der Waals surface area contributed by atoms with Gasteiger partial charge >= 0.3 is 11.9 Å². The van der Waals surface area contributed by atoms with Crippen molar-refractivity contribution < 1.29 is 19.1 Å². The van der Waals surface area contributed by atoms with Crippen LogP contribution in [0.4, 0.5) is 0 Å². The van der Waals surface area contributed by atoms with Crippen molar-refractivity contribution in [3.05, 3.63) is 0 Å². The third-order valence-electron chi connectivity index (χ3n) is 5.50. The Morgan fingerprint density at radius 2 is 1.65 bits per heavy atom. The molecule has 2 unspecified atom stereocenters. The van der Waals surface area contributed by atoms with Crippen LogP contribution >= 0.6 is 0 Å². The van der Waals surface area contributed by atoms with Crippen LogP contribution in [0.3, 0.4) is 0 Å². The Morgan fingerprint density at radius 3 is 2.31 bits per heavy atom. The van der Waals surface area contributed by atoms with Crippen LogP contribution in [0, 0.1) is 17.3 Å². The average molecular weight is 369 g/mol. The maximum atomic E-state index is 12.6. The number of esters is 2. The van der Waals surface area contributed by atoms with Crippen LogP contribution in [-0.4, -0.2) is 25.2 Å². The topological polar surface area (TPSA) is 52.6 Å². The van der Waals surface area contributed by atoms with Crippen molar-refractivity contribution in [1.29, 1.82) is 0 Å². The molecule has 0 saturated heterocycles. The molecule has 1 rings (SSSR count). The molecule has 0 heterocycles. The molecule has 0 bridgehead atoms. The van der Waals surface area contributed by atoms with E-state index in [1.165, 1.54) is 32.1 Å². The molecule has 0 N–H and O–H groups in total. The maximum absolute atomic E-state index is 12.6. The summed E-state index contributed by atoms with van der Waals surface area (Å²) in [6, 6.07) is 0. The molecule has 1 saturated carbocycles. The molecule has 0 radical (unpaired) electrons. The molecular weight excluding hydrogens is 328 g/mol. The third kappa shape index (κ3) is 7.67. The first-order valence-corrected chi connectivity index (χ1v) is 10.8. The van der Waals surface area contributed by atoms with Gasteiger partial charge in [-0.1, -0.05) is 72.1 Å². The number of carbonyl (C=O) groups excluding carboxylic acids is 2. The lowest BCUT2D eigenvalue weighted by Crippen LogP contribution is -2.44. The van der Waals surface area contributed by atoms with Crippen molar-refractivity contribution in [1.82, 2.24) is 0 Å². The van der Waals surface area contributed by atoms with E-state index in [1.54, 1.807) is 0 Å². The van der Waals surface area contributed by atoms with Crippen LogP contribution in [0.15, 0.2) is 0 Å². The van der Waals surface area contributed by atoms with Gasteiger partial charge in [-0.3, -0.25) is 9.59 Å². The van der Waals surface area contributed by atoms with Gasteiger partial charge in [-0.05, 0) is 32.1 Å². The molecule has 2 atom stereocenters. The molecule has 152 valence electrons. The molecule has 1 aliphatic rings. The zero-order valence-electron chi connectivity index (χ0n) is 17.5. The van der Waals surface area contributed by atoms with Crippen molar-refractivity contribution in [3.63, 3.8) is 0 Å². The molecular formula is C22H40O4. The predicted molar refractivity (Wildman–Crippen MR) is 105 cm³/mol. The number of hydrogen-bond acceptors (Lipinski definition) is 4. The smallest absolute Gasteiger partial charge is 0.312 e. The first-order valence-electron chi connectivity index (χ1n) is 10.8. The minimum Gasteiger partial charge on any atom is -0.465 e. The molecule has 1 fully saturated rings. The summed E-state index contributed by atoms with van der Waals surface area (Å²) in [5.41, 5.74) is -0.732. The summed E-state index contributed by atoms with van der Waals surface area (Å²) >= 11 is 0. The Bertz CT molecular complexity index is 418. The van der Waals surface area contributed by atoms with Crippen molar-refractivity contribution in [3.8, 4) is 0 Å². The van der Waals surface area contributed by atoms with Gasteiger partial charge in [0, 0.05) is 0 Å². The van der Waals surface area contributed by atoms with Gasteiger partial charge < -0.3 is 9.47 Å². The van der Waals surface area contributed by atoms with Gasteiger partial charge in [0.05, 0.1) is 24.5 Å². The van der Waals surface area contributed by atoms with E-state index < -0.39 is 5.41 Å². The molecule has 26 heavy (non-hydrogen) atoms. The molecule has 0 aliphatic heterocycles. The monoisotopic (exact) mass is 368 g/mol. The van der Waals surface area contributed by atoms with Crippen LogP contribution in [0.1, 0.15) is 98.3 Å². The molecule has 4 heteroatoms. The fourth-order valence-corrected chi connectivity index (χ4v) is 3.70. The van der Waals surface area contributed by atoms with E-state index in [9.17, 15) is 9.59 Å². The fourth-order valence-electron chi connectivity index (χ4n) is 3.70. The lowest BCUT2D eigenvalue weighted by Gasteiger charge is -2.37. The van der Waals surface area contributed by atoms with Gasteiger partial charge in [0.2, 0.25) is 0 Å². The van der Waals surface area contributed by atoms with E-state index in [1.807, 2.05) is 20.8 Å². The van der Waals surface area contributed by atoms with Gasteiger partial charge in [-0.25, -0.2) is 0 Å².